The van der Waals surface area contributed by atoms with Gasteiger partial charge in [0.1, 0.15) is 5.75 Å². The van der Waals surface area contributed by atoms with Crippen LogP contribution in [0.5, 0.6) is 5.75 Å². The molecule has 1 amide bonds. The standard InChI is InChI=1S/C19H20N2O2/c1-3-21(14-16-8-5-4-6-9-16)19(22)15(2)23-18-11-7-10-17(12-18)13-20/h4-12,15H,3,14H2,1-2H3. The van der Waals surface area contributed by atoms with Crippen molar-refractivity contribution in [2.75, 3.05) is 6.54 Å². The summed E-state index contributed by atoms with van der Waals surface area (Å²) in [5.41, 5.74) is 1.60. The first kappa shape index (κ1) is 16.6. The molecule has 0 aromatic heterocycles. The lowest BCUT2D eigenvalue weighted by molar-refractivity contribution is -0.138. The molecule has 0 spiro atoms. The number of amides is 1. The van der Waals surface area contributed by atoms with E-state index in [0.717, 1.165) is 5.56 Å². The Morgan fingerprint density at radius 3 is 2.61 bits per heavy atom. The molecule has 2 aromatic rings. The molecule has 4 heteroatoms. The number of likely N-dealkylation sites (N-methyl/N-ethyl adjacent to an activating group) is 1. The molecular formula is C19H20N2O2. The van der Waals surface area contributed by atoms with Crippen LogP contribution in [0.25, 0.3) is 0 Å². The van der Waals surface area contributed by atoms with Gasteiger partial charge in [-0.05, 0) is 37.6 Å². The number of carbonyl (C=O) groups is 1. The number of hydrogen-bond donors (Lipinski definition) is 0. The molecular weight excluding hydrogens is 288 g/mol. The molecule has 2 rings (SSSR count). The van der Waals surface area contributed by atoms with Gasteiger partial charge in [0.2, 0.25) is 0 Å². The Balaban J connectivity index is 2.03. The van der Waals surface area contributed by atoms with E-state index in [1.54, 1.807) is 36.1 Å². The molecule has 4 nitrogen and oxygen atoms in total. The van der Waals surface area contributed by atoms with Crippen molar-refractivity contribution in [2.24, 2.45) is 0 Å². The summed E-state index contributed by atoms with van der Waals surface area (Å²) in [6.45, 7) is 4.85. The molecule has 0 saturated carbocycles. The van der Waals surface area contributed by atoms with E-state index in [1.165, 1.54) is 0 Å². The summed E-state index contributed by atoms with van der Waals surface area (Å²) in [5, 5.41) is 8.92. The largest absolute Gasteiger partial charge is 0.481 e. The molecule has 0 fully saturated rings. The van der Waals surface area contributed by atoms with Crippen molar-refractivity contribution < 1.29 is 9.53 Å². The molecule has 0 heterocycles. The van der Waals surface area contributed by atoms with Crippen LogP contribution in [0.1, 0.15) is 25.0 Å². The molecule has 2 aromatic carbocycles. The summed E-state index contributed by atoms with van der Waals surface area (Å²) >= 11 is 0. The van der Waals surface area contributed by atoms with E-state index in [2.05, 4.69) is 6.07 Å². The number of benzene rings is 2. The Morgan fingerprint density at radius 1 is 1.22 bits per heavy atom. The van der Waals surface area contributed by atoms with Gasteiger partial charge in [-0.25, -0.2) is 0 Å². The third kappa shape index (κ3) is 4.58. The Labute approximate surface area is 136 Å². The minimum absolute atomic E-state index is 0.0706. The predicted molar refractivity (Wildman–Crippen MR) is 88.8 cm³/mol. The Morgan fingerprint density at radius 2 is 1.96 bits per heavy atom. The minimum Gasteiger partial charge on any atom is -0.481 e. The van der Waals surface area contributed by atoms with Crippen LogP contribution in [0.2, 0.25) is 0 Å². The first-order valence-electron chi connectivity index (χ1n) is 7.63. The molecule has 0 radical (unpaired) electrons. The van der Waals surface area contributed by atoms with Gasteiger partial charge in [-0.1, -0.05) is 36.4 Å². The third-order valence-electron chi connectivity index (χ3n) is 3.53. The van der Waals surface area contributed by atoms with Gasteiger partial charge in [-0.2, -0.15) is 5.26 Å². The second kappa shape index (κ2) is 8.00. The van der Waals surface area contributed by atoms with Crippen molar-refractivity contribution in [2.45, 2.75) is 26.5 Å². The summed E-state index contributed by atoms with van der Waals surface area (Å²) in [5.74, 6) is 0.458. The van der Waals surface area contributed by atoms with E-state index < -0.39 is 6.10 Å². The lowest BCUT2D eigenvalue weighted by atomic mass is 10.2. The monoisotopic (exact) mass is 308 g/mol. The normalized spacial score (nSPS) is 11.3. The zero-order valence-corrected chi connectivity index (χ0v) is 13.4. The maximum atomic E-state index is 12.6. The topological polar surface area (TPSA) is 53.3 Å². The summed E-state index contributed by atoms with van der Waals surface area (Å²) in [6.07, 6.45) is -0.604. The van der Waals surface area contributed by atoms with Crippen LogP contribution in [0.15, 0.2) is 54.6 Å². The second-order valence-electron chi connectivity index (χ2n) is 5.24. The fourth-order valence-electron chi connectivity index (χ4n) is 2.30. The summed E-state index contributed by atoms with van der Waals surface area (Å²) in [4.78, 5) is 14.3. The van der Waals surface area contributed by atoms with Crippen LogP contribution in [0.3, 0.4) is 0 Å². The van der Waals surface area contributed by atoms with Crippen LogP contribution in [0.4, 0.5) is 0 Å². The lowest BCUT2D eigenvalue weighted by Gasteiger charge is -2.25. The zero-order valence-electron chi connectivity index (χ0n) is 13.4. The number of nitrogens with zero attached hydrogens (tertiary/aromatic N) is 2. The predicted octanol–water partition coefficient (Wildman–Crippen LogP) is 3.37. The van der Waals surface area contributed by atoms with Gasteiger partial charge in [0, 0.05) is 13.1 Å². The van der Waals surface area contributed by atoms with Crippen molar-refractivity contribution in [3.8, 4) is 11.8 Å². The SMILES string of the molecule is CCN(Cc1ccccc1)C(=O)C(C)Oc1cccc(C#N)c1. The van der Waals surface area contributed by atoms with Gasteiger partial charge in [0.25, 0.3) is 5.91 Å². The van der Waals surface area contributed by atoms with Crippen molar-refractivity contribution >= 4 is 5.91 Å². The number of carbonyl (C=O) groups excluding carboxylic acids is 1. The first-order chi connectivity index (χ1) is 11.1. The fraction of sp³-hybridized carbons (Fsp3) is 0.263. The molecule has 1 atom stereocenters. The molecule has 0 aliphatic heterocycles. The summed E-state index contributed by atoms with van der Waals surface area (Å²) < 4.78 is 5.70. The average molecular weight is 308 g/mol. The van der Waals surface area contributed by atoms with Crippen LogP contribution in [-0.2, 0) is 11.3 Å². The van der Waals surface area contributed by atoms with E-state index in [4.69, 9.17) is 10.00 Å². The quantitative estimate of drug-likeness (QED) is 0.822. The van der Waals surface area contributed by atoms with Gasteiger partial charge >= 0.3 is 0 Å². The summed E-state index contributed by atoms with van der Waals surface area (Å²) in [6, 6.07) is 18.8. The average Bonchev–Trinajstić information content (AvgIpc) is 2.60. The summed E-state index contributed by atoms with van der Waals surface area (Å²) in [7, 11) is 0. The van der Waals surface area contributed by atoms with Gasteiger partial charge < -0.3 is 9.64 Å². The Kier molecular flexibility index (Phi) is 5.76. The zero-order chi connectivity index (χ0) is 16.7. The van der Waals surface area contributed by atoms with Crippen molar-refractivity contribution in [3.05, 3.63) is 65.7 Å². The van der Waals surface area contributed by atoms with Gasteiger partial charge in [0.15, 0.2) is 6.10 Å². The molecule has 0 aliphatic carbocycles. The van der Waals surface area contributed by atoms with Crippen LogP contribution in [0, 0.1) is 11.3 Å². The highest BCUT2D eigenvalue weighted by molar-refractivity contribution is 5.80. The Bertz CT molecular complexity index is 692. The Hall–Kier alpha value is -2.80. The third-order valence-corrected chi connectivity index (χ3v) is 3.53. The second-order valence-corrected chi connectivity index (χ2v) is 5.24. The highest BCUT2D eigenvalue weighted by Crippen LogP contribution is 2.16. The van der Waals surface area contributed by atoms with Crippen molar-refractivity contribution in [1.82, 2.24) is 4.90 Å². The van der Waals surface area contributed by atoms with Crippen LogP contribution in [-0.4, -0.2) is 23.5 Å². The van der Waals surface area contributed by atoms with Crippen LogP contribution >= 0.6 is 0 Å². The van der Waals surface area contributed by atoms with Crippen molar-refractivity contribution in [1.29, 1.82) is 5.26 Å². The highest BCUT2D eigenvalue weighted by atomic mass is 16.5. The molecule has 0 bridgehead atoms. The molecule has 0 N–H and O–H groups in total. The number of ether oxygens (including phenoxy) is 1. The highest BCUT2D eigenvalue weighted by Gasteiger charge is 2.21. The fourth-order valence-corrected chi connectivity index (χ4v) is 2.30. The van der Waals surface area contributed by atoms with E-state index >= 15 is 0 Å². The number of rotatable bonds is 6. The maximum Gasteiger partial charge on any atom is 0.263 e. The van der Waals surface area contributed by atoms with Crippen LogP contribution < -0.4 is 4.74 Å². The van der Waals surface area contributed by atoms with Gasteiger partial charge in [-0.3, -0.25) is 4.79 Å². The van der Waals surface area contributed by atoms with E-state index in [9.17, 15) is 4.79 Å². The maximum absolute atomic E-state index is 12.6. The van der Waals surface area contributed by atoms with Gasteiger partial charge in [0.05, 0.1) is 11.6 Å². The van der Waals surface area contributed by atoms with Gasteiger partial charge in [-0.15, -0.1) is 0 Å². The molecule has 0 aliphatic rings. The van der Waals surface area contributed by atoms with Crippen molar-refractivity contribution in [3.63, 3.8) is 0 Å². The van der Waals surface area contributed by atoms with E-state index in [1.807, 2.05) is 37.3 Å². The molecule has 118 valence electrons. The van der Waals surface area contributed by atoms with E-state index in [0.29, 0.717) is 24.4 Å². The molecule has 1 unspecified atom stereocenters. The smallest absolute Gasteiger partial charge is 0.263 e. The molecule has 23 heavy (non-hydrogen) atoms. The minimum atomic E-state index is -0.604. The van der Waals surface area contributed by atoms with E-state index in [-0.39, 0.29) is 5.91 Å². The lowest BCUT2D eigenvalue weighted by Crippen LogP contribution is -2.39. The first-order valence-corrected chi connectivity index (χ1v) is 7.63. The molecule has 0 saturated heterocycles. The number of nitriles is 1. The number of hydrogen-bond acceptors (Lipinski definition) is 3.